The molecule has 11 heavy (non-hydrogen) atoms. The molecule has 2 nitrogen and oxygen atoms in total. The Bertz CT molecular complexity index is 119. The summed E-state index contributed by atoms with van der Waals surface area (Å²) in [5.74, 6) is 0. The van der Waals surface area contributed by atoms with E-state index in [2.05, 4.69) is 5.32 Å². The molecule has 0 amide bonds. The van der Waals surface area contributed by atoms with Crippen LogP contribution in [0.15, 0.2) is 0 Å². The number of rotatable bonds is 2. The van der Waals surface area contributed by atoms with Gasteiger partial charge in [-0.15, -0.1) is 0 Å². The topological polar surface area (TPSA) is 38.0 Å². The molecule has 3 N–H and O–H groups in total. The fourth-order valence-corrected chi connectivity index (χ4v) is 1.64. The van der Waals surface area contributed by atoms with Gasteiger partial charge in [0.2, 0.25) is 0 Å². The average molecular weight is 160 g/mol. The van der Waals surface area contributed by atoms with Crippen LogP contribution in [0.2, 0.25) is 0 Å². The summed E-state index contributed by atoms with van der Waals surface area (Å²) in [6, 6.07) is 0.139. The van der Waals surface area contributed by atoms with Gasteiger partial charge in [-0.2, -0.15) is 0 Å². The van der Waals surface area contributed by atoms with E-state index in [4.69, 9.17) is 5.73 Å². The van der Waals surface area contributed by atoms with Crippen molar-refractivity contribution in [3.8, 4) is 0 Å². The van der Waals surface area contributed by atoms with Gasteiger partial charge in [0, 0.05) is 12.1 Å². The summed E-state index contributed by atoms with van der Waals surface area (Å²) in [5, 5.41) is 3.12. The maximum absolute atomic E-state index is 13.1. The number of halogens is 1. The molecule has 1 saturated carbocycles. The van der Waals surface area contributed by atoms with Crippen molar-refractivity contribution in [2.75, 3.05) is 6.54 Å². The summed E-state index contributed by atoms with van der Waals surface area (Å²) in [4.78, 5) is 0. The van der Waals surface area contributed by atoms with Gasteiger partial charge in [-0.05, 0) is 25.8 Å². The van der Waals surface area contributed by atoms with Crippen LogP contribution < -0.4 is 11.1 Å². The summed E-state index contributed by atoms with van der Waals surface area (Å²) in [6.07, 6.45) is 1.63. The molecule has 0 aromatic carbocycles. The largest absolute Gasteiger partial charge is 0.328 e. The summed E-state index contributed by atoms with van der Waals surface area (Å²) in [5.41, 5.74) is 5.62. The SMILES string of the molecule is CCNC1CCC(N)CC1F. The second kappa shape index (κ2) is 4.02. The Balaban J connectivity index is 2.31. The van der Waals surface area contributed by atoms with Crippen molar-refractivity contribution in [1.29, 1.82) is 0 Å². The summed E-state index contributed by atoms with van der Waals surface area (Å²) >= 11 is 0. The van der Waals surface area contributed by atoms with E-state index in [-0.39, 0.29) is 12.1 Å². The Morgan fingerprint density at radius 2 is 2.27 bits per heavy atom. The lowest BCUT2D eigenvalue weighted by molar-refractivity contribution is 0.177. The monoisotopic (exact) mass is 160 g/mol. The number of hydrogen-bond acceptors (Lipinski definition) is 2. The van der Waals surface area contributed by atoms with Crippen molar-refractivity contribution >= 4 is 0 Å². The Morgan fingerprint density at radius 1 is 1.55 bits per heavy atom. The summed E-state index contributed by atoms with van der Waals surface area (Å²) < 4.78 is 13.1. The van der Waals surface area contributed by atoms with Crippen LogP contribution >= 0.6 is 0 Å². The fraction of sp³-hybridized carbons (Fsp3) is 1.00. The van der Waals surface area contributed by atoms with E-state index in [1.807, 2.05) is 6.92 Å². The molecular weight excluding hydrogens is 143 g/mol. The third-order valence-electron chi connectivity index (χ3n) is 2.28. The Morgan fingerprint density at radius 3 is 2.82 bits per heavy atom. The quantitative estimate of drug-likeness (QED) is 0.627. The lowest BCUT2D eigenvalue weighted by atomic mass is 9.90. The first-order valence-corrected chi connectivity index (χ1v) is 4.37. The van der Waals surface area contributed by atoms with Crippen LogP contribution in [0.1, 0.15) is 26.2 Å². The Hall–Kier alpha value is -0.150. The number of nitrogens with one attached hydrogen (secondary N) is 1. The minimum Gasteiger partial charge on any atom is -0.328 e. The zero-order valence-corrected chi connectivity index (χ0v) is 7.02. The van der Waals surface area contributed by atoms with E-state index >= 15 is 0 Å². The van der Waals surface area contributed by atoms with Gasteiger partial charge < -0.3 is 11.1 Å². The minimum atomic E-state index is -0.737. The van der Waals surface area contributed by atoms with Gasteiger partial charge in [-0.1, -0.05) is 6.92 Å². The van der Waals surface area contributed by atoms with Crippen LogP contribution in [-0.2, 0) is 0 Å². The molecule has 0 spiro atoms. The van der Waals surface area contributed by atoms with Crippen molar-refractivity contribution in [3.63, 3.8) is 0 Å². The van der Waals surface area contributed by atoms with E-state index in [9.17, 15) is 4.39 Å². The molecule has 3 unspecified atom stereocenters. The third-order valence-corrected chi connectivity index (χ3v) is 2.28. The van der Waals surface area contributed by atoms with Crippen molar-refractivity contribution < 1.29 is 4.39 Å². The number of alkyl halides is 1. The maximum atomic E-state index is 13.1. The van der Waals surface area contributed by atoms with Gasteiger partial charge in [-0.3, -0.25) is 0 Å². The van der Waals surface area contributed by atoms with Gasteiger partial charge in [0.15, 0.2) is 0 Å². The summed E-state index contributed by atoms with van der Waals surface area (Å²) in [7, 11) is 0. The lowest BCUT2D eigenvalue weighted by Gasteiger charge is -2.30. The first-order valence-electron chi connectivity index (χ1n) is 4.37. The second-order valence-corrected chi connectivity index (χ2v) is 3.25. The average Bonchev–Trinajstić information content (AvgIpc) is 1.95. The highest BCUT2D eigenvalue weighted by Crippen LogP contribution is 2.20. The van der Waals surface area contributed by atoms with E-state index in [0.29, 0.717) is 6.42 Å². The van der Waals surface area contributed by atoms with Gasteiger partial charge in [0.1, 0.15) is 6.17 Å². The van der Waals surface area contributed by atoms with Gasteiger partial charge in [0.05, 0.1) is 0 Å². The first-order chi connectivity index (χ1) is 5.24. The predicted octanol–water partition coefficient (Wildman–Crippen LogP) is 0.814. The number of hydrogen-bond donors (Lipinski definition) is 2. The minimum absolute atomic E-state index is 0.0554. The lowest BCUT2D eigenvalue weighted by Crippen LogP contribution is -2.45. The highest BCUT2D eigenvalue weighted by molar-refractivity contribution is 4.85. The molecule has 1 aliphatic rings. The molecule has 3 heteroatoms. The van der Waals surface area contributed by atoms with Crippen LogP contribution in [-0.4, -0.2) is 24.8 Å². The standard InChI is InChI=1S/C8H17FN2/c1-2-11-8-4-3-6(10)5-7(8)9/h6-8,11H,2-5,10H2,1H3. The van der Waals surface area contributed by atoms with Crippen LogP contribution in [0.3, 0.4) is 0 Å². The zero-order chi connectivity index (χ0) is 8.27. The van der Waals surface area contributed by atoms with Gasteiger partial charge >= 0.3 is 0 Å². The van der Waals surface area contributed by atoms with Crippen molar-refractivity contribution in [1.82, 2.24) is 5.32 Å². The Labute approximate surface area is 67.3 Å². The highest BCUT2D eigenvalue weighted by Gasteiger charge is 2.27. The van der Waals surface area contributed by atoms with E-state index in [1.165, 1.54) is 0 Å². The molecule has 0 aliphatic heterocycles. The molecule has 1 rings (SSSR count). The predicted molar refractivity (Wildman–Crippen MR) is 44.2 cm³/mol. The van der Waals surface area contributed by atoms with Crippen molar-refractivity contribution in [3.05, 3.63) is 0 Å². The van der Waals surface area contributed by atoms with E-state index in [1.54, 1.807) is 0 Å². The van der Waals surface area contributed by atoms with Gasteiger partial charge in [0.25, 0.3) is 0 Å². The normalized spacial score (nSPS) is 39.0. The van der Waals surface area contributed by atoms with Crippen molar-refractivity contribution in [2.45, 2.75) is 44.4 Å². The second-order valence-electron chi connectivity index (χ2n) is 3.25. The van der Waals surface area contributed by atoms with Crippen LogP contribution in [0, 0.1) is 0 Å². The maximum Gasteiger partial charge on any atom is 0.117 e. The van der Waals surface area contributed by atoms with Crippen LogP contribution in [0.5, 0.6) is 0 Å². The van der Waals surface area contributed by atoms with Crippen molar-refractivity contribution in [2.24, 2.45) is 5.73 Å². The van der Waals surface area contributed by atoms with Crippen LogP contribution in [0.25, 0.3) is 0 Å². The molecule has 0 saturated heterocycles. The molecule has 0 heterocycles. The van der Waals surface area contributed by atoms with Gasteiger partial charge in [-0.25, -0.2) is 4.39 Å². The third kappa shape index (κ3) is 2.42. The molecule has 66 valence electrons. The molecule has 0 bridgehead atoms. The molecule has 1 fully saturated rings. The fourth-order valence-electron chi connectivity index (χ4n) is 1.64. The molecular formula is C8H17FN2. The smallest absolute Gasteiger partial charge is 0.117 e. The number of nitrogens with two attached hydrogens (primary N) is 1. The Kier molecular flexibility index (Phi) is 3.27. The highest BCUT2D eigenvalue weighted by atomic mass is 19.1. The van der Waals surface area contributed by atoms with E-state index in [0.717, 1.165) is 19.4 Å². The first kappa shape index (κ1) is 8.94. The molecule has 0 radical (unpaired) electrons. The molecule has 0 aromatic rings. The molecule has 3 atom stereocenters. The molecule has 0 aromatic heterocycles. The molecule has 1 aliphatic carbocycles. The summed E-state index contributed by atoms with van der Waals surface area (Å²) in [6.45, 7) is 2.85. The van der Waals surface area contributed by atoms with E-state index < -0.39 is 6.17 Å². The zero-order valence-electron chi connectivity index (χ0n) is 7.02. The van der Waals surface area contributed by atoms with Crippen LogP contribution in [0.4, 0.5) is 4.39 Å².